The maximum atomic E-state index is 11.4. The molecule has 1 aromatic carbocycles. The van der Waals surface area contributed by atoms with Gasteiger partial charge in [-0.05, 0) is 24.6 Å². The first-order valence-corrected chi connectivity index (χ1v) is 6.74. The number of hydrogen-bond donors (Lipinski definition) is 0. The number of hydrogen-bond acceptors (Lipinski definition) is 4. The number of carbonyl (C=O) groups is 1. The lowest BCUT2D eigenvalue weighted by Gasteiger charge is -2.04. The molecule has 0 atom stereocenters. The Kier molecular flexibility index (Phi) is 6.36. The molecule has 4 heteroatoms. The van der Waals surface area contributed by atoms with Gasteiger partial charge in [-0.1, -0.05) is 19.1 Å². The molecule has 0 aromatic heterocycles. The van der Waals surface area contributed by atoms with Crippen LogP contribution in [-0.4, -0.2) is 25.9 Å². The Hall–Kier alpha value is -1.42. The molecule has 0 spiro atoms. The van der Waals surface area contributed by atoms with Crippen molar-refractivity contribution in [1.82, 2.24) is 0 Å². The highest BCUT2D eigenvalue weighted by atomic mass is 32.2. The Morgan fingerprint density at radius 1 is 1.39 bits per heavy atom. The zero-order chi connectivity index (χ0) is 13.4. The van der Waals surface area contributed by atoms with E-state index in [1.54, 1.807) is 18.9 Å². The van der Waals surface area contributed by atoms with Crippen molar-refractivity contribution >= 4 is 17.7 Å². The highest BCUT2D eigenvalue weighted by Gasteiger charge is 2.06. The minimum Gasteiger partial charge on any atom is -0.497 e. The Balaban J connectivity index is 2.58. The van der Waals surface area contributed by atoms with Gasteiger partial charge in [-0.15, -0.1) is 11.8 Å². The lowest BCUT2D eigenvalue weighted by Crippen LogP contribution is -2.04. The number of thioether (sulfide) groups is 1. The van der Waals surface area contributed by atoms with E-state index in [1.165, 1.54) is 7.11 Å². The SMILES string of the molecule is CCC(=CCSc1cccc(OC)c1)C(=O)OC. The highest BCUT2D eigenvalue weighted by Crippen LogP contribution is 2.23. The minimum absolute atomic E-state index is 0.247. The fourth-order valence-corrected chi connectivity index (χ4v) is 2.28. The van der Waals surface area contributed by atoms with Crippen molar-refractivity contribution in [2.75, 3.05) is 20.0 Å². The van der Waals surface area contributed by atoms with E-state index in [9.17, 15) is 4.79 Å². The van der Waals surface area contributed by atoms with Gasteiger partial charge in [0, 0.05) is 16.2 Å². The number of benzene rings is 1. The lowest BCUT2D eigenvalue weighted by atomic mass is 10.2. The Morgan fingerprint density at radius 2 is 2.17 bits per heavy atom. The molecule has 0 saturated carbocycles. The van der Waals surface area contributed by atoms with Crippen molar-refractivity contribution in [3.8, 4) is 5.75 Å². The van der Waals surface area contributed by atoms with Crippen LogP contribution in [0.5, 0.6) is 5.75 Å². The fourth-order valence-electron chi connectivity index (χ4n) is 1.43. The number of carbonyl (C=O) groups excluding carboxylic acids is 1. The van der Waals surface area contributed by atoms with Crippen molar-refractivity contribution in [2.45, 2.75) is 18.2 Å². The summed E-state index contributed by atoms with van der Waals surface area (Å²) < 4.78 is 9.86. The quantitative estimate of drug-likeness (QED) is 0.449. The van der Waals surface area contributed by atoms with Gasteiger partial charge in [-0.3, -0.25) is 0 Å². The van der Waals surface area contributed by atoms with Crippen LogP contribution in [0.15, 0.2) is 40.8 Å². The zero-order valence-electron chi connectivity index (χ0n) is 10.9. The van der Waals surface area contributed by atoms with Crippen LogP contribution >= 0.6 is 11.8 Å². The maximum absolute atomic E-state index is 11.4. The van der Waals surface area contributed by atoms with Crippen molar-refractivity contribution in [1.29, 1.82) is 0 Å². The molecule has 0 N–H and O–H groups in total. The molecule has 0 aliphatic heterocycles. The maximum Gasteiger partial charge on any atom is 0.333 e. The van der Waals surface area contributed by atoms with Gasteiger partial charge in [-0.2, -0.15) is 0 Å². The number of esters is 1. The Morgan fingerprint density at radius 3 is 2.78 bits per heavy atom. The Bertz CT molecular complexity index is 427. The van der Waals surface area contributed by atoms with Crippen LogP contribution in [0.1, 0.15) is 13.3 Å². The largest absolute Gasteiger partial charge is 0.497 e. The summed E-state index contributed by atoms with van der Waals surface area (Å²) in [5.41, 5.74) is 0.716. The molecule has 0 saturated heterocycles. The molecule has 0 bridgehead atoms. The van der Waals surface area contributed by atoms with Gasteiger partial charge < -0.3 is 9.47 Å². The molecule has 1 aromatic rings. The Labute approximate surface area is 112 Å². The number of rotatable bonds is 6. The molecule has 0 unspecified atom stereocenters. The summed E-state index contributed by atoms with van der Waals surface area (Å²) in [6, 6.07) is 7.85. The molecule has 98 valence electrons. The first kappa shape index (κ1) is 14.6. The van der Waals surface area contributed by atoms with E-state index in [-0.39, 0.29) is 5.97 Å². The van der Waals surface area contributed by atoms with Gasteiger partial charge in [0.1, 0.15) is 5.75 Å². The summed E-state index contributed by atoms with van der Waals surface area (Å²) >= 11 is 1.66. The van der Waals surface area contributed by atoms with Gasteiger partial charge in [0.05, 0.1) is 14.2 Å². The van der Waals surface area contributed by atoms with E-state index >= 15 is 0 Å². The molecule has 0 aliphatic rings. The molecular formula is C14H18O3S. The van der Waals surface area contributed by atoms with Crippen LogP contribution in [0.3, 0.4) is 0 Å². The molecule has 0 fully saturated rings. The fraction of sp³-hybridized carbons (Fsp3) is 0.357. The molecule has 18 heavy (non-hydrogen) atoms. The van der Waals surface area contributed by atoms with Crippen LogP contribution < -0.4 is 4.74 Å². The molecule has 0 aliphatic carbocycles. The van der Waals surface area contributed by atoms with Crippen LogP contribution in [0.2, 0.25) is 0 Å². The average Bonchev–Trinajstić information content (AvgIpc) is 2.43. The third-order valence-corrected chi connectivity index (χ3v) is 3.37. The van der Waals surface area contributed by atoms with Gasteiger partial charge in [-0.25, -0.2) is 4.79 Å². The first-order valence-electron chi connectivity index (χ1n) is 5.75. The molecule has 3 nitrogen and oxygen atoms in total. The zero-order valence-corrected chi connectivity index (χ0v) is 11.8. The molecular weight excluding hydrogens is 248 g/mol. The van der Waals surface area contributed by atoms with Gasteiger partial charge in [0.2, 0.25) is 0 Å². The van der Waals surface area contributed by atoms with Gasteiger partial charge >= 0.3 is 5.97 Å². The standard InChI is InChI=1S/C14H18O3S/c1-4-11(14(15)17-3)8-9-18-13-7-5-6-12(10-13)16-2/h5-8,10H,4,9H2,1-3H3. The van der Waals surface area contributed by atoms with Crippen molar-refractivity contribution in [3.63, 3.8) is 0 Å². The summed E-state index contributed by atoms with van der Waals surface area (Å²) in [7, 11) is 3.05. The molecule has 0 amide bonds. The molecule has 1 rings (SSSR count). The van der Waals surface area contributed by atoms with E-state index in [4.69, 9.17) is 9.47 Å². The monoisotopic (exact) mass is 266 g/mol. The predicted octanol–water partition coefficient (Wildman–Crippen LogP) is 3.30. The van der Waals surface area contributed by atoms with Gasteiger partial charge in [0.15, 0.2) is 0 Å². The average molecular weight is 266 g/mol. The van der Waals surface area contributed by atoms with Gasteiger partial charge in [0.25, 0.3) is 0 Å². The third-order valence-electron chi connectivity index (χ3n) is 2.45. The van der Waals surface area contributed by atoms with E-state index in [0.29, 0.717) is 12.0 Å². The van der Waals surface area contributed by atoms with Crippen molar-refractivity contribution in [3.05, 3.63) is 35.9 Å². The minimum atomic E-state index is -0.247. The van der Waals surface area contributed by atoms with E-state index < -0.39 is 0 Å². The lowest BCUT2D eigenvalue weighted by molar-refractivity contribution is -0.136. The van der Waals surface area contributed by atoms with Crippen LogP contribution in [-0.2, 0) is 9.53 Å². The summed E-state index contributed by atoms with van der Waals surface area (Å²) in [5.74, 6) is 1.34. The van der Waals surface area contributed by atoms with E-state index in [2.05, 4.69) is 0 Å². The summed E-state index contributed by atoms with van der Waals surface area (Å²) in [4.78, 5) is 12.5. The summed E-state index contributed by atoms with van der Waals surface area (Å²) in [6.45, 7) is 1.94. The number of methoxy groups -OCH3 is 2. The van der Waals surface area contributed by atoms with Crippen molar-refractivity contribution in [2.24, 2.45) is 0 Å². The first-order chi connectivity index (χ1) is 8.71. The second-order valence-corrected chi connectivity index (χ2v) is 4.66. The smallest absolute Gasteiger partial charge is 0.333 e. The van der Waals surface area contributed by atoms with E-state index in [0.717, 1.165) is 16.4 Å². The van der Waals surface area contributed by atoms with E-state index in [1.807, 2.05) is 37.3 Å². The predicted molar refractivity (Wildman–Crippen MR) is 74.1 cm³/mol. The highest BCUT2D eigenvalue weighted by molar-refractivity contribution is 7.99. The third kappa shape index (κ3) is 4.45. The second-order valence-electron chi connectivity index (χ2n) is 3.56. The molecule has 0 radical (unpaired) electrons. The van der Waals surface area contributed by atoms with Crippen LogP contribution in [0, 0.1) is 0 Å². The summed E-state index contributed by atoms with van der Waals surface area (Å²) in [6.07, 6.45) is 2.60. The molecule has 0 heterocycles. The summed E-state index contributed by atoms with van der Waals surface area (Å²) in [5, 5.41) is 0. The normalized spacial score (nSPS) is 11.2. The second kappa shape index (κ2) is 7.82. The van der Waals surface area contributed by atoms with Crippen molar-refractivity contribution < 1.29 is 14.3 Å². The van der Waals surface area contributed by atoms with Crippen LogP contribution in [0.4, 0.5) is 0 Å². The van der Waals surface area contributed by atoms with Crippen LogP contribution in [0.25, 0.3) is 0 Å². The number of ether oxygens (including phenoxy) is 2. The topological polar surface area (TPSA) is 35.5 Å².